The van der Waals surface area contributed by atoms with Crippen LogP contribution in [0.3, 0.4) is 0 Å². The zero-order valence-electron chi connectivity index (χ0n) is 16.2. The first-order valence-electron chi connectivity index (χ1n) is 9.62. The van der Waals surface area contributed by atoms with Crippen molar-refractivity contribution in [3.8, 4) is 0 Å². The number of amides is 1. The fourth-order valence-electron chi connectivity index (χ4n) is 3.98. The second-order valence-electron chi connectivity index (χ2n) is 7.54. The average Bonchev–Trinajstić information content (AvgIpc) is 3.48. The van der Waals surface area contributed by atoms with E-state index < -0.39 is 11.9 Å². The normalized spacial score (nSPS) is 24.6. The molecular weight excluding hydrogens is 379 g/mol. The lowest BCUT2D eigenvalue weighted by Crippen LogP contribution is -2.53. The van der Waals surface area contributed by atoms with E-state index in [1.54, 1.807) is 31.3 Å². The smallest absolute Gasteiger partial charge is 0.243 e. The number of hydrogen-bond donors (Lipinski definition) is 1. The first-order valence-corrected chi connectivity index (χ1v) is 10.4. The quantitative estimate of drug-likeness (QED) is 0.448. The van der Waals surface area contributed by atoms with Crippen LogP contribution in [-0.4, -0.2) is 40.8 Å². The summed E-state index contributed by atoms with van der Waals surface area (Å²) in [4.78, 5) is 37.4. The molecule has 0 bridgehead atoms. The van der Waals surface area contributed by atoms with Gasteiger partial charge in [-0.05, 0) is 37.0 Å². The Morgan fingerprint density at radius 2 is 2.00 bits per heavy atom. The molecule has 28 heavy (non-hydrogen) atoms. The van der Waals surface area contributed by atoms with Gasteiger partial charge < -0.3 is 5.32 Å². The number of nitrogens with one attached hydrogen (secondary N) is 1. The van der Waals surface area contributed by atoms with E-state index in [1.165, 1.54) is 13.0 Å². The number of rotatable bonds is 6. The van der Waals surface area contributed by atoms with E-state index in [1.807, 2.05) is 0 Å². The largest absolute Gasteiger partial charge is 0.356 e. The Morgan fingerprint density at radius 3 is 2.61 bits per heavy atom. The summed E-state index contributed by atoms with van der Waals surface area (Å²) >= 11 is 1.08. The Morgan fingerprint density at radius 1 is 1.29 bits per heavy atom. The Hall–Kier alpha value is -1.99. The lowest BCUT2D eigenvalue weighted by atomic mass is 9.93. The lowest BCUT2D eigenvalue weighted by molar-refractivity contribution is -0.816. The van der Waals surface area contributed by atoms with Crippen molar-refractivity contribution in [2.75, 3.05) is 20.1 Å². The van der Waals surface area contributed by atoms with Gasteiger partial charge in [0.25, 0.3) is 0 Å². The molecule has 0 radical (unpaired) electrons. The highest BCUT2D eigenvalue weighted by Gasteiger charge is 2.52. The van der Waals surface area contributed by atoms with Crippen molar-refractivity contribution in [3.05, 3.63) is 47.3 Å². The molecule has 3 rings (SSSR count). The second kappa shape index (κ2) is 8.57. The average molecular weight is 406 g/mol. The van der Waals surface area contributed by atoms with Crippen molar-refractivity contribution in [2.45, 2.75) is 38.6 Å². The third-order valence-electron chi connectivity index (χ3n) is 5.32. The maximum atomic E-state index is 14.8. The van der Waals surface area contributed by atoms with Crippen molar-refractivity contribution >= 4 is 28.8 Å². The van der Waals surface area contributed by atoms with E-state index in [4.69, 9.17) is 0 Å². The first kappa shape index (κ1) is 20.7. The molecule has 2 unspecified atom stereocenters. The van der Waals surface area contributed by atoms with Gasteiger partial charge in [-0.3, -0.25) is 14.4 Å². The highest BCUT2D eigenvalue weighted by molar-refractivity contribution is 8.08. The van der Waals surface area contributed by atoms with Gasteiger partial charge >= 0.3 is 0 Å². The molecular formula is C21H26FN2O3S+. The van der Waals surface area contributed by atoms with Crippen molar-refractivity contribution in [1.82, 2.24) is 5.32 Å². The Balaban J connectivity index is 2.09. The van der Waals surface area contributed by atoms with E-state index in [-0.39, 0.29) is 26.6 Å². The van der Waals surface area contributed by atoms with Crippen LogP contribution in [0.1, 0.15) is 44.2 Å². The zero-order chi connectivity index (χ0) is 20.3. The minimum absolute atomic E-state index is 0.0000399. The third-order valence-corrected chi connectivity index (χ3v) is 6.46. The molecule has 5 nitrogen and oxygen atoms in total. The van der Waals surface area contributed by atoms with Gasteiger partial charge in [0, 0.05) is 32.4 Å². The van der Waals surface area contributed by atoms with Crippen LogP contribution in [0.15, 0.2) is 35.9 Å². The number of hydrogen-bond acceptors (Lipinski definition) is 4. The standard InChI is InChI=1S/C21H25FN2O3S/c1-14(25)28-24(11-5-6-15(13-24)12-19(26)23-2)20(21(27)16-9-10-16)17-7-3-4-8-18(17)22/h3-4,7-8,12,16,20H,5-6,9-11,13H2,1-2H3/p+1/b15-12+. The van der Waals surface area contributed by atoms with Crippen LogP contribution in [-0.2, 0) is 14.4 Å². The van der Waals surface area contributed by atoms with Gasteiger partial charge in [0.2, 0.25) is 11.0 Å². The highest BCUT2D eigenvalue weighted by Crippen LogP contribution is 2.47. The van der Waals surface area contributed by atoms with E-state index in [2.05, 4.69) is 5.32 Å². The summed E-state index contributed by atoms with van der Waals surface area (Å²) in [5.74, 6) is -0.704. The number of likely N-dealkylation sites (tertiary alicyclic amines) is 1. The number of Topliss-reactive ketones (excluding diaryl/α,β-unsaturated/α-hetero) is 1. The van der Waals surface area contributed by atoms with Crippen LogP contribution >= 0.6 is 11.9 Å². The number of benzene rings is 1. The van der Waals surface area contributed by atoms with Gasteiger partial charge in [-0.1, -0.05) is 12.1 Å². The minimum atomic E-state index is -0.754. The first-order chi connectivity index (χ1) is 13.4. The minimum Gasteiger partial charge on any atom is -0.356 e. The van der Waals surface area contributed by atoms with Gasteiger partial charge in [0.15, 0.2) is 23.8 Å². The fourth-order valence-corrected chi connectivity index (χ4v) is 5.27. The Bertz CT molecular complexity index is 822. The number of piperidine rings is 1. The molecule has 1 heterocycles. The fraction of sp³-hybridized carbons (Fsp3) is 0.476. The van der Waals surface area contributed by atoms with Crippen LogP contribution in [0, 0.1) is 11.7 Å². The summed E-state index contributed by atoms with van der Waals surface area (Å²) in [6, 6.07) is 5.59. The number of nitrogens with zero attached hydrogens (tertiary/aromatic N) is 1. The third kappa shape index (κ3) is 4.52. The van der Waals surface area contributed by atoms with Crippen molar-refractivity contribution < 1.29 is 22.7 Å². The summed E-state index contributed by atoms with van der Waals surface area (Å²) in [7, 11) is 1.56. The zero-order valence-corrected chi connectivity index (χ0v) is 17.1. The number of halogens is 1. The molecule has 1 saturated carbocycles. The lowest BCUT2D eigenvalue weighted by Gasteiger charge is -2.44. The van der Waals surface area contributed by atoms with Gasteiger partial charge in [-0.25, -0.2) is 8.28 Å². The molecule has 1 aliphatic carbocycles. The predicted octanol–water partition coefficient (Wildman–Crippen LogP) is 3.32. The van der Waals surface area contributed by atoms with Crippen molar-refractivity contribution in [2.24, 2.45) is 5.92 Å². The summed E-state index contributed by atoms with van der Waals surface area (Å²) in [5, 5.41) is 2.46. The number of ketones is 1. The summed E-state index contributed by atoms with van der Waals surface area (Å²) < 4.78 is 14.9. The number of carbonyl (C=O) groups excluding carboxylic acids is 3. The number of carbonyl (C=O) groups is 3. The van der Waals surface area contributed by atoms with Crippen molar-refractivity contribution in [1.29, 1.82) is 0 Å². The van der Waals surface area contributed by atoms with Crippen LogP contribution < -0.4 is 5.32 Å². The molecule has 1 amide bonds. The second-order valence-corrected chi connectivity index (χ2v) is 9.02. The number of likely N-dealkylation sites (N-methyl/N-ethyl adjacent to an activating group) is 1. The molecule has 2 fully saturated rings. The highest BCUT2D eigenvalue weighted by atomic mass is 32.2. The predicted molar refractivity (Wildman–Crippen MR) is 107 cm³/mol. The molecule has 1 aliphatic heterocycles. The summed E-state index contributed by atoms with van der Waals surface area (Å²) in [6.45, 7) is 2.42. The molecule has 1 N–H and O–H groups in total. The molecule has 0 spiro atoms. The summed E-state index contributed by atoms with van der Waals surface area (Å²) in [6.07, 6.45) is 4.64. The molecule has 7 heteroatoms. The van der Waals surface area contributed by atoms with Gasteiger partial charge in [0.1, 0.15) is 12.4 Å². The molecule has 1 aromatic carbocycles. The topological polar surface area (TPSA) is 63.2 Å². The van der Waals surface area contributed by atoms with Crippen LogP contribution in [0.5, 0.6) is 0 Å². The van der Waals surface area contributed by atoms with E-state index >= 15 is 0 Å². The van der Waals surface area contributed by atoms with Crippen LogP contribution in [0.2, 0.25) is 0 Å². The van der Waals surface area contributed by atoms with Gasteiger partial charge in [-0.15, -0.1) is 0 Å². The number of quaternary nitrogens is 1. The molecule has 2 atom stereocenters. The Kier molecular flexibility index (Phi) is 6.35. The summed E-state index contributed by atoms with van der Waals surface area (Å²) in [5.41, 5.74) is 1.22. The molecule has 2 aliphatic rings. The van der Waals surface area contributed by atoms with Crippen molar-refractivity contribution in [3.63, 3.8) is 0 Å². The maximum Gasteiger partial charge on any atom is 0.243 e. The van der Waals surface area contributed by atoms with Crippen LogP contribution in [0.25, 0.3) is 0 Å². The van der Waals surface area contributed by atoms with Gasteiger partial charge in [0.05, 0.1) is 12.1 Å². The molecule has 1 aromatic rings. The van der Waals surface area contributed by atoms with E-state index in [9.17, 15) is 18.8 Å². The Labute approximate surface area is 169 Å². The molecule has 0 aromatic heterocycles. The molecule has 150 valence electrons. The maximum absolute atomic E-state index is 14.8. The monoisotopic (exact) mass is 405 g/mol. The van der Waals surface area contributed by atoms with E-state index in [0.717, 1.165) is 43.2 Å². The molecule has 1 saturated heterocycles. The van der Waals surface area contributed by atoms with Gasteiger partial charge in [-0.2, -0.15) is 0 Å². The van der Waals surface area contributed by atoms with E-state index in [0.29, 0.717) is 18.7 Å². The van der Waals surface area contributed by atoms with Crippen LogP contribution in [0.4, 0.5) is 4.39 Å². The SMILES string of the molecule is CNC(=O)/C=C1\CCC[N+](SC(C)=O)(C(C(=O)C2CC2)c2ccccc2F)C1.